The number of urea groups is 1. The molecule has 0 heterocycles. The van der Waals surface area contributed by atoms with Crippen LogP contribution in [-0.4, -0.2) is 42.9 Å². The van der Waals surface area contributed by atoms with E-state index in [9.17, 15) is 9.59 Å². The third kappa shape index (κ3) is 6.80. The molecule has 122 valence electrons. The monoisotopic (exact) mass is 300 g/mol. The third-order valence-electron chi connectivity index (χ3n) is 4.20. The minimum atomic E-state index is -1.00. The Kier molecular flexibility index (Phi) is 8.12. The highest BCUT2D eigenvalue weighted by Crippen LogP contribution is 2.26. The number of methoxy groups -OCH3 is 1. The zero-order valence-electron chi connectivity index (χ0n) is 13.1. The van der Waals surface area contributed by atoms with E-state index in [-0.39, 0.29) is 12.1 Å². The molecule has 0 saturated heterocycles. The van der Waals surface area contributed by atoms with Crippen LogP contribution in [0.4, 0.5) is 4.79 Å². The van der Waals surface area contributed by atoms with E-state index in [2.05, 4.69) is 17.6 Å². The van der Waals surface area contributed by atoms with Crippen LogP contribution in [0, 0.1) is 5.92 Å². The van der Waals surface area contributed by atoms with Crippen molar-refractivity contribution < 1.29 is 19.4 Å². The van der Waals surface area contributed by atoms with Gasteiger partial charge < -0.3 is 20.5 Å². The average molecular weight is 300 g/mol. The lowest BCUT2D eigenvalue weighted by Crippen LogP contribution is -2.49. The first kappa shape index (κ1) is 17.8. The van der Waals surface area contributed by atoms with Crippen LogP contribution in [0.25, 0.3) is 0 Å². The lowest BCUT2D eigenvalue weighted by Gasteiger charge is -2.28. The van der Waals surface area contributed by atoms with E-state index >= 15 is 0 Å². The number of carboxylic acids is 1. The van der Waals surface area contributed by atoms with Gasteiger partial charge in [-0.25, -0.2) is 9.59 Å². The zero-order chi connectivity index (χ0) is 15.7. The van der Waals surface area contributed by atoms with Gasteiger partial charge in [0.05, 0.1) is 0 Å². The summed E-state index contributed by atoms with van der Waals surface area (Å²) >= 11 is 0. The number of carboxylic acid groups (broad SMARTS) is 1. The molecule has 3 N–H and O–H groups in total. The molecule has 0 aromatic rings. The van der Waals surface area contributed by atoms with Crippen LogP contribution in [0.3, 0.4) is 0 Å². The average Bonchev–Trinajstić information content (AvgIpc) is 2.47. The van der Waals surface area contributed by atoms with Crippen LogP contribution in [0.5, 0.6) is 0 Å². The van der Waals surface area contributed by atoms with Gasteiger partial charge in [-0.05, 0) is 44.4 Å². The largest absolute Gasteiger partial charge is 0.480 e. The molecular weight excluding hydrogens is 272 g/mol. The minimum Gasteiger partial charge on any atom is -0.480 e. The van der Waals surface area contributed by atoms with Crippen molar-refractivity contribution in [2.75, 3.05) is 13.7 Å². The molecule has 0 aromatic heterocycles. The summed E-state index contributed by atoms with van der Waals surface area (Å²) < 4.78 is 4.90. The number of hydrogen-bond acceptors (Lipinski definition) is 3. The Morgan fingerprint density at radius 2 is 1.95 bits per heavy atom. The molecular formula is C15H28N2O4. The normalized spacial score (nSPS) is 23.3. The second-order valence-corrected chi connectivity index (χ2v) is 5.77. The van der Waals surface area contributed by atoms with Crippen molar-refractivity contribution in [3.8, 4) is 0 Å². The first-order valence-corrected chi connectivity index (χ1v) is 7.85. The van der Waals surface area contributed by atoms with Gasteiger partial charge in [0.1, 0.15) is 6.04 Å². The van der Waals surface area contributed by atoms with E-state index in [1.807, 2.05) is 0 Å². The van der Waals surface area contributed by atoms with Crippen LogP contribution in [-0.2, 0) is 9.53 Å². The van der Waals surface area contributed by atoms with Gasteiger partial charge in [0.2, 0.25) is 0 Å². The summed E-state index contributed by atoms with van der Waals surface area (Å²) in [6.07, 6.45) is 6.41. The fourth-order valence-electron chi connectivity index (χ4n) is 2.79. The lowest BCUT2D eigenvalue weighted by atomic mass is 9.85. The first-order chi connectivity index (χ1) is 10.1. The van der Waals surface area contributed by atoms with Crippen molar-refractivity contribution in [1.82, 2.24) is 10.6 Å². The molecule has 6 nitrogen and oxygen atoms in total. The molecule has 21 heavy (non-hydrogen) atoms. The summed E-state index contributed by atoms with van der Waals surface area (Å²) in [6.45, 7) is 2.69. The highest BCUT2D eigenvalue weighted by Gasteiger charge is 2.24. The summed E-state index contributed by atoms with van der Waals surface area (Å²) in [4.78, 5) is 23.0. The van der Waals surface area contributed by atoms with Gasteiger partial charge in [0.15, 0.2) is 0 Å². The van der Waals surface area contributed by atoms with E-state index in [4.69, 9.17) is 9.84 Å². The third-order valence-corrected chi connectivity index (χ3v) is 4.20. The zero-order valence-corrected chi connectivity index (χ0v) is 13.1. The number of rotatable bonds is 8. The highest BCUT2D eigenvalue weighted by atomic mass is 16.5. The molecule has 2 amide bonds. The maximum atomic E-state index is 11.9. The molecule has 0 aromatic carbocycles. The maximum absolute atomic E-state index is 11.9. The van der Waals surface area contributed by atoms with E-state index in [0.29, 0.717) is 19.4 Å². The van der Waals surface area contributed by atoms with Crippen molar-refractivity contribution >= 4 is 12.0 Å². The van der Waals surface area contributed by atoms with Gasteiger partial charge in [0, 0.05) is 19.8 Å². The summed E-state index contributed by atoms with van der Waals surface area (Å²) in [5.74, 6) is -0.233. The SMILES string of the molecule is CCC1CCC(NC(=O)NC(CCCOC)C(=O)O)CC1. The number of aliphatic carboxylic acids is 1. The molecule has 1 atom stereocenters. The van der Waals surface area contributed by atoms with Crippen LogP contribution < -0.4 is 10.6 Å². The van der Waals surface area contributed by atoms with Crippen LogP contribution in [0.15, 0.2) is 0 Å². The summed E-state index contributed by atoms with van der Waals surface area (Å²) in [7, 11) is 1.57. The Bertz CT molecular complexity index is 328. The number of hydrogen-bond donors (Lipinski definition) is 3. The molecule has 1 saturated carbocycles. The van der Waals surface area contributed by atoms with Gasteiger partial charge in [-0.3, -0.25) is 0 Å². The Morgan fingerprint density at radius 3 is 2.48 bits per heavy atom. The van der Waals surface area contributed by atoms with Crippen molar-refractivity contribution in [1.29, 1.82) is 0 Å². The molecule has 1 fully saturated rings. The summed E-state index contributed by atoms with van der Waals surface area (Å²) in [5, 5.41) is 14.5. The second kappa shape index (κ2) is 9.60. The van der Waals surface area contributed by atoms with Crippen molar-refractivity contribution in [3.05, 3.63) is 0 Å². The number of ether oxygens (including phenoxy) is 1. The van der Waals surface area contributed by atoms with E-state index in [0.717, 1.165) is 31.6 Å². The number of carbonyl (C=O) groups excluding carboxylic acids is 1. The predicted molar refractivity (Wildman–Crippen MR) is 80.2 cm³/mol. The maximum Gasteiger partial charge on any atom is 0.326 e. The van der Waals surface area contributed by atoms with Gasteiger partial charge in [-0.1, -0.05) is 13.3 Å². The molecule has 6 heteroatoms. The second-order valence-electron chi connectivity index (χ2n) is 5.77. The van der Waals surface area contributed by atoms with Gasteiger partial charge in [-0.15, -0.1) is 0 Å². The van der Waals surface area contributed by atoms with E-state index in [1.54, 1.807) is 7.11 Å². The molecule has 0 aliphatic heterocycles. The van der Waals surface area contributed by atoms with Crippen LogP contribution in [0.1, 0.15) is 51.9 Å². The molecule has 0 bridgehead atoms. The first-order valence-electron chi connectivity index (χ1n) is 7.85. The Balaban J connectivity index is 2.31. The standard InChI is InChI=1S/C15H28N2O4/c1-3-11-6-8-12(9-7-11)16-15(20)17-13(14(18)19)5-4-10-21-2/h11-13H,3-10H2,1-2H3,(H,18,19)(H2,16,17,20). The quantitative estimate of drug-likeness (QED) is 0.599. The fraction of sp³-hybridized carbons (Fsp3) is 0.867. The lowest BCUT2D eigenvalue weighted by molar-refractivity contribution is -0.139. The Morgan fingerprint density at radius 1 is 1.29 bits per heavy atom. The van der Waals surface area contributed by atoms with E-state index in [1.165, 1.54) is 6.42 Å². The van der Waals surface area contributed by atoms with Gasteiger partial charge >= 0.3 is 12.0 Å². The predicted octanol–water partition coefficient (Wildman–Crippen LogP) is 2.13. The Labute approximate surface area is 126 Å². The topological polar surface area (TPSA) is 87.7 Å². The van der Waals surface area contributed by atoms with Crippen molar-refractivity contribution in [3.63, 3.8) is 0 Å². The van der Waals surface area contributed by atoms with Gasteiger partial charge in [0.25, 0.3) is 0 Å². The summed E-state index contributed by atoms with van der Waals surface area (Å²) in [5.41, 5.74) is 0. The van der Waals surface area contributed by atoms with Crippen LogP contribution in [0.2, 0.25) is 0 Å². The highest BCUT2D eigenvalue weighted by molar-refractivity contribution is 5.82. The molecule has 0 spiro atoms. The smallest absolute Gasteiger partial charge is 0.326 e. The molecule has 0 radical (unpaired) electrons. The number of amides is 2. The molecule has 1 unspecified atom stereocenters. The fourth-order valence-corrected chi connectivity index (χ4v) is 2.79. The minimum absolute atomic E-state index is 0.168. The van der Waals surface area contributed by atoms with E-state index < -0.39 is 12.0 Å². The molecule has 1 aliphatic carbocycles. The number of carbonyl (C=O) groups is 2. The summed E-state index contributed by atoms with van der Waals surface area (Å²) in [6, 6.07) is -1.06. The molecule has 1 rings (SSSR count). The molecule has 1 aliphatic rings. The van der Waals surface area contributed by atoms with Gasteiger partial charge in [-0.2, -0.15) is 0 Å². The van der Waals surface area contributed by atoms with Crippen molar-refractivity contribution in [2.24, 2.45) is 5.92 Å². The Hall–Kier alpha value is -1.30. The van der Waals surface area contributed by atoms with Crippen LogP contribution >= 0.6 is 0 Å². The van der Waals surface area contributed by atoms with Crippen molar-refractivity contribution in [2.45, 2.75) is 64.0 Å². The number of nitrogens with one attached hydrogen (secondary N) is 2.